The molecular formula is C18H22N6O3. The third kappa shape index (κ3) is 3.17. The predicted molar refractivity (Wildman–Crippen MR) is 103 cm³/mol. The van der Waals surface area contributed by atoms with Gasteiger partial charge in [0.2, 0.25) is 12.2 Å². The molecule has 0 saturated carbocycles. The van der Waals surface area contributed by atoms with Crippen molar-refractivity contribution in [3.8, 4) is 0 Å². The number of allylic oxidation sites excluding steroid dienone is 1. The summed E-state index contributed by atoms with van der Waals surface area (Å²) in [6.07, 6.45) is 1.20. The molecule has 2 aromatic rings. The number of amides is 1. The minimum atomic E-state index is -0.473. The molecule has 1 aliphatic rings. The summed E-state index contributed by atoms with van der Waals surface area (Å²) in [5, 5.41) is 11.6. The second kappa shape index (κ2) is 7.58. The van der Waals surface area contributed by atoms with Gasteiger partial charge in [0.25, 0.3) is 5.91 Å². The number of methoxy groups -OCH3 is 2. The first-order valence-corrected chi connectivity index (χ1v) is 8.44. The molecule has 3 rings (SSSR count). The van der Waals surface area contributed by atoms with Crippen LogP contribution in [0.15, 0.2) is 29.1 Å². The van der Waals surface area contributed by atoms with E-state index in [4.69, 9.17) is 15.2 Å². The Morgan fingerprint density at radius 3 is 2.78 bits per heavy atom. The molecule has 0 aliphatic carbocycles. The Morgan fingerprint density at radius 1 is 1.33 bits per heavy atom. The van der Waals surface area contributed by atoms with Gasteiger partial charge in [-0.25, -0.2) is 4.99 Å². The summed E-state index contributed by atoms with van der Waals surface area (Å²) in [6.45, 7) is 2.30. The zero-order valence-electron chi connectivity index (χ0n) is 15.7. The maximum Gasteiger partial charge on any atom is 0.273 e. The number of nitrogens with two attached hydrogens (primary N) is 1. The predicted octanol–water partition coefficient (Wildman–Crippen LogP) is 1.22. The largest absolute Gasteiger partial charge is 0.482 e. The summed E-state index contributed by atoms with van der Waals surface area (Å²) >= 11 is 0. The number of aliphatic imine (C=N–C) groups is 1. The topological polar surface area (TPSA) is 115 Å². The first-order valence-electron chi connectivity index (χ1n) is 8.44. The van der Waals surface area contributed by atoms with Crippen LogP contribution in [0.2, 0.25) is 0 Å². The summed E-state index contributed by atoms with van der Waals surface area (Å²) in [5.74, 6) is 0.228. The lowest BCUT2D eigenvalue weighted by Crippen LogP contribution is -2.35. The lowest BCUT2D eigenvalue weighted by Gasteiger charge is -2.31. The Bertz CT molecular complexity index is 940. The number of benzene rings is 1. The molecule has 1 unspecified atom stereocenters. The van der Waals surface area contributed by atoms with Crippen molar-refractivity contribution in [1.82, 2.24) is 20.4 Å². The number of rotatable bonds is 5. The standard InChI is InChI=1S/C18H22N6O3/c1-5-20-16(25)15-13(19)11-8-6-7-10(14(11)22-23-15)12-9-21-18(27-4)24(2)17(12)26-3/h6-9,18H,5H2,1-4H3,(H2,19,22)(H,20,25). The number of carbonyl (C=O) groups excluding carboxylic acids is 1. The number of hydrogen-bond acceptors (Lipinski definition) is 8. The van der Waals surface area contributed by atoms with E-state index in [0.717, 1.165) is 11.1 Å². The van der Waals surface area contributed by atoms with Gasteiger partial charge in [-0.1, -0.05) is 18.2 Å². The number of hydrogen-bond donors (Lipinski definition) is 2. The second-order valence-corrected chi connectivity index (χ2v) is 5.90. The van der Waals surface area contributed by atoms with Crippen LogP contribution in [0.5, 0.6) is 0 Å². The highest BCUT2D eigenvalue weighted by Gasteiger charge is 2.26. The fourth-order valence-corrected chi connectivity index (χ4v) is 3.02. The highest BCUT2D eigenvalue weighted by molar-refractivity contribution is 6.16. The van der Waals surface area contributed by atoms with Crippen LogP contribution < -0.4 is 11.1 Å². The van der Waals surface area contributed by atoms with E-state index in [1.807, 2.05) is 26.1 Å². The van der Waals surface area contributed by atoms with E-state index in [1.54, 1.807) is 31.4 Å². The van der Waals surface area contributed by atoms with Crippen molar-refractivity contribution in [3.05, 3.63) is 35.3 Å². The molecule has 1 amide bonds. The molecule has 1 aromatic heterocycles. The van der Waals surface area contributed by atoms with Crippen molar-refractivity contribution in [1.29, 1.82) is 0 Å². The van der Waals surface area contributed by atoms with Crippen molar-refractivity contribution >= 4 is 34.3 Å². The second-order valence-electron chi connectivity index (χ2n) is 5.90. The highest BCUT2D eigenvalue weighted by Crippen LogP contribution is 2.32. The van der Waals surface area contributed by atoms with Gasteiger partial charge in [0, 0.05) is 37.9 Å². The average molecular weight is 370 g/mol. The molecule has 0 saturated heterocycles. The van der Waals surface area contributed by atoms with Crippen LogP contribution >= 0.6 is 0 Å². The van der Waals surface area contributed by atoms with Crippen molar-refractivity contribution < 1.29 is 14.3 Å². The number of nitrogens with one attached hydrogen (secondary N) is 1. The Morgan fingerprint density at radius 2 is 2.11 bits per heavy atom. The Balaban J connectivity index is 2.18. The molecule has 142 valence electrons. The van der Waals surface area contributed by atoms with Crippen LogP contribution in [0, 0.1) is 0 Å². The summed E-state index contributed by atoms with van der Waals surface area (Å²) in [4.78, 5) is 18.3. The average Bonchev–Trinajstić information content (AvgIpc) is 2.68. The number of ether oxygens (including phenoxy) is 2. The molecule has 2 heterocycles. The third-order valence-corrected chi connectivity index (χ3v) is 4.29. The molecule has 0 fully saturated rings. The number of nitrogens with zero attached hydrogens (tertiary/aromatic N) is 4. The summed E-state index contributed by atoms with van der Waals surface area (Å²) in [7, 11) is 4.97. The van der Waals surface area contributed by atoms with E-state index < -0.39 is 6.35 Å². The zero-order chi connectivity index (χ0) is 19.6. The molecule has 9 heteroatoms. The monoisotopic (exact) mass is 370 g/mol. The van der Waals surface area contributed by atoms with E-state index in [1.165, 1.54) is 0 Å². The first-order chi connectivity index (χ1) is 13.0. The zero-order valence-corrected chi connectivity index (χ0v) is 15.7. The van der Waals surface area contributed by atoms with Crippen LogP contribution in [-0.2, 0) is 9.47 Å². The van der Waals surface area contributed by atoms with Gasteiger partial charge >= 0.3 is 0 Å². The summed E-state index contributed by atoms with van der Waals surface area (Å²) in [5.41, 5.74) is 8.63. The minimum Gasteiger partial charge on any atom is -0.482 e. The first kappa shape index (κ1) is 18.6. The minimum absolute atomic E-state index is 0.108. The van der Waals surface area contributed by atoms with E-state index >= 15 is 0 Å². The number of aromatic nitrogens is 2. The SMILES string of the molecule is CCNC(=O)c1nnc2c(C3=C(OC)N(C)C(OC)N=C3)cccc2c1N. The van der Waals surface area contributed by atoms with Gasteiger partial charge in [-0.15, -0.1) is 10.2 Å². The normalized spacial score (nSPS) is 16.7. The maximum absolute atomic E-state index is 12.1. The van der Waals surface area contributed by atoms with Gasteiger partial charge < -0.3 is 25.4 Å². The fourth-order valence-electron chi connectivity index (χ4n) is 3.02. The number of anilines is 1. The molecule has 0 bridgehead atoms. The van der Waals surface area contributed by atoms with Crippen molar-refractivity contribution in [2.45, 2.75) is 13.3 Å². The van der Waals surface area contributed by atoms with Gasteiger partial charge in [0.15, 0.2) is 5.69 Å². The lowest BCUT2D eigenvalue weighted by atomic mass is 10.0. The third-order valence-electron chi connectivity index (χ3n) is 4.29. The van der Waals surface area contributed by atoms with Crippen LogP contribution in [0.3, 0.4) is 0 Å². The maximum atomic E-state index is 12.1. The van der Waals surface area contributed by atoms with Crippen molar-refractivity contribution in [2.24, 2.45) is 4.99 Å². The van der Waals surface area contributed by atoms with Gasteiger partial charge in [-0.05, 0) is 6.92 Å². The van der Waals surface area contributed by atoms with E-state index in [-0.39, 0.29) is 17.3 Å². The molecule has 3 N–H and O–H groups in total. The van der Waals surface area contributed by atoms with Crippen LogP contribution in [0.1, 0.15) is 23.0 Å². The lowest BCUT2D eigenvalue weighted by molar-refractivity contribution is -0.0224. The van der Waals surface area contributed by atoms with Gasteiger partial charge in [-0.3, -0.25) is 4.79 Å². The molecule has 9 nitrogen and oxygen atoms in total. The van der Waals surface area contributed by atoms with Crippen LogP contribution in [0.25, 0.3) is 16.5 Å². The van der Waals surface area contributed by atoms with Crippen LogP contribution in [0.4, 0.5) is 5.69 Å². The summed E-state index contributed by atoms with van der Waals surface area (Å²) < 4.78 is 10.9. The Hall–Kier alpha value is -3.20. The van der Waals surface area contributed by atoms with Gasteiger partial charge in [-0.2, -0.15) is 0 Å². The van der Waals surface area contributed by atoms with Crippen molar-refractivity contribution in [3.63, 3.8) is 0 Å². The number of fused-ring (bicyclic) bond motifs is 1. The molecule has 1 aliphatic heterocycles. The molecule has 1 atom stereocenters. The molecule has 0 radical (unpaired) electrons. The van der Waals surface area contributed by atoms with Crippen molar-refractivity contribution in [2.75, 3.05) is 33.5 Å². The highest BCUT2D eigenvalue weighted by atomic mass is 16.5. The Labute approximate surface area is 156 Å². The van der Waals surface area contributed by atoms with Crippen LogP contribution in [-0.4, -0.2) is 61.4 Å². The van der Waals surface area contributed by atoms with E-state index in [2.05, 4.69) is 20.5 Å². The summed E-state index contributed by atoms with van der Waals surface area (Å²) in [6, 6.07) is 5.53. The van der Waals surface area contributed by atoms with E-state index in [0.29, 0.717) is 23.3 Å². The smallest absolute Gasteiger partial charge is 0.273 e. The van der Waals surface area contributed by atoms with E-state index in [9.17, 15) is 4.79 Å². The molecular weight excluding hydrogens is 348 g/mol. The quantitative estimate of drug-likeness (QED) is 0.813. The molecule has 0 spiro atoms. The Kier molecular flexibility index (Phi) is 5.22. The van der Waals surface area contributed by atoms with Gasteiger partial charge in [0.05, 0.1) is 18.4 Å². The molecule has 1 aromatic carbocycles. The number of carbonyl (C=O) groups is 1. The van der Waals surface area contributed by atoms with Gasteiger partial charge in [0.1, 0.15) is 5.52 Å². The fraction of sp³-hybridized carbons (Fsp3) is 0.333. The number of nitrogen functional groups attached to an aromatic ring is 1. The molecule has 27 heavy (non-hydrogen) atoms.